The molecule has 0 amide bonds. The number of piperazine rings is 1. The minimum absolute atomic E-state index is 0.112. The first-order chi connectivity index (χ1) is 11.6. The zero-order valence-electron chi connectivity index (χ0n) is 14.4. The number of halogens is 1. The summed E-state index contributed by atoms with van der Waals surface area (Å²) < 4.78 is 5.02. The van der Waals surface area contributed by atoms with Crippen LogP contribution in [-0.2, 0) is 4.74 Å². The summed E-state index contributed by atoms with van der Waals surface area (Å²) in [6.45, 7) is 11.6. The Morgan fingerprint density at radius 2 is 2.00 bits per heavy atom. The van der Waals surface area contributed by atoms with Crippen molar-refractivity contribution in [3.63, 3.8) is 0 Å². The number of carbonyl (C=O) groups excluding carboxylic acids is 1. The molecule has 1 aromatic rings. The number of nitrogens with one attached hydrogen (secondary N) is 1. The van der Waals surface area contributed by atoms with E-state index in [0.717, 1.165) is 45.7 Å². The van der Waals surface area contributed by atoms with Gasteiger partial charge < -0.3 is 19.9 Å². The van der Waals surface area contributed by atoms with Gasteiger partial charge in [-0.05, 0) is 38.0 Å². The SMILES string of the molecule is CCOC(=O)c1cnc(Cl)nc1NCCCN1CCN(CC)CC1. The third-order valence-corrected chi connectivity index (χ3v) is 4.29. The van der Waals surface area contributed by atoms with Crippen molar-refractivity contribution in [1.29, 1.82) is 0 Å². The van der Waals surface area contributed by atoms with Crippen LogP contribution in [0.5, 0.6) is 0 Å². The minimum atomic E-state index is -0.438. The van der Waals surface area contributed by atoms with Gasteiger partial charge in [0, 0.05) is 38.9 Å². The average molecular weight is 356 g/mol. The predicted octanol–water partition coefficient (Wildman–Crippen LogP) is 1.75. The summed E-state index contributed by atoms with van der Waals surface area (Å²) in [6, 6.07) is 0. The van der Waals surface area contributed by atoms with Crippen molar-refractivity contribution < 1.29 is 9.53 Å². The zero-order valence-corrected chi connectivity index (χ0v) is 15.2. The molecule has 8 heteroatoms. The van der Waals surface area contributed by atoms with E-state index in [1.54, 1.807) is 6.92 Å². The van der Waals surface area contributed by atoms with Gasteiger partial charge in [-0.3, -0.25) is 0 Å². The number of ether oxygens (including phenoxy) is 1. The number of likely N-dealkylation sites (N-methyl/N-ethyl adjacent to an activating group) is 1. The largest absolute Gasteiger partial charge is 0.462 e. The average Bonchev–Trinajstić information content (AvgIpc) is 2.59. The number of aromatic nitrogens is 2. The number of anilines is 1. The fourth-order valence-corrected chi connectivity index (χ4v) is 2.83. The summed E-state index contributed by atoms with van der Waals surface area (Å²) >= 11 is 5.83. The van der Waals surface area contributed by atoms with Crippen LogP contribution in [0, 0.1) is 0 Å². The molecule has 0 aromatic carbocycles. The van der Waals surface area contributed by atoms with Gasteiger partial charge in [0.15, 0.2) is 0 Å². The molecule has 1 aliphatic heterocycles. The molecule has 1 N–H and O–H groups in total. The molecule has 1 aliphatic rings. The van der Waals surface area contributed by atoms with E-state index in [1.165, 1.54) is 6.20 Å². The molecule has 24 heavy (non-hydrogen) atoms. The van der Waals surface area contributed by atoms with Crippen LogP contribution < -0.4 is 5.32 Å². The van der Waals surface area contributed by atoms with Gasteiger partial charge in [-0.1, -0.05) is 6.92 Å². The number of nitrogens with zero attached hydrogens (tertiary/aromatic N) is 4. The fraction of sp³-hybridized carbons (Fsp3) is 0.688. The van der Waals surface area contributed by atoms with Crippen molar-refractivity contribution in [3.05, 3.63) is 17.0 Å². The number of hydrogen-bond donors (Lipinski definition) is 1. The maximum absolute atomic E-state index is 11.9. The Morgan fingerprint density at radius 3 is 2.67 bits per heavy atom. The molecule has 0 unspecified atom stereocenters. The molecule has 0 aliphatic carbocycles. The van der Waals surface area contributed by atoms with E-state index in [9.17, 15) is 4.79 Å². The van der Waals surface area contributed by atoms with Gasteiger partial charge in [0.1, 0.15) is 11.4 Å². The molecule has 0 bridgehead atoms. The monoisotopic (exact) mass is 355 g/mol. The summed E-state index contributed by atoms with van der Waals surface area (Å²) in [4.78, 5) is 24.8. The number of carbonyl (C=O) groups is 1. The third-order valence-electron chi connectivity index (χ3n) is 4.11. The first kappa shape index (κ1) is 18.9. The van der Waals surface area contributed by atoms with E-state index in [0.29, 0.717) is 24.5 Å². The first-order valence-electron chi connectivity index (χ1n) is 8.52. The van der Waals surface area contributed by atoms with Gasteiger partial charge in [-0.15, -0.1) is 0 Å². The molecule has 0 atom stereocenters. The van der Waals surface area contributed by atoms with E-state index in [1.807, 2.05) is 0 Å². The van der Waals surface area contributed by atoms with Crippen molar-refractivity contribution in [2.24, 2.45) is 0 Å². The van der Waals surface area contributed by atoms with E-state index in [4.69, 9.17) is 16.3 Å². The summed E-state index contributed by atoms with van der Waals surface area (Å²) in [6.07, 6.45) is 2.37. The Labute approximate surface area is 148 Å². The second kappa shape index (κ2) is 9.76. The van der Waals surface area contributed by atoms with Gasteiger partial charge in [-0.2, -0.15) is 4.98 Å². The topological polar surface area (TPSA) is 70.6 Å². The molecule has 2 rings (SSSR count). The highest BCUT2D eigenvalue weighted by atomic mass is 35.5. The quantitative estimate of drug-likeness (QED) is 0.432. The maximum Gasteiger partial charge on any atom is 0.343 e. The lowest BCUT2D eigenvalue weighted by Crippen LogP contribution is -2.46. The molecule has 1 saturated heterocycles. The highest BCUT2D eigenvalue weighted by molar-refractivity contribution is 6.28. The highest BCUT2D eigenvalue weighted by Gasteiger charge is 2.16. The van der Waals surface area contributed by atoms with Crippen LogP contribution in [0.15, 0.2) is 6.20 Å². The smallest absolute Gasteiger partial charge is 0.343 e. The first-order valence-corrected chi connectivity index (χ1v) is 8.90. The maximum atomic E-state index is 11.9. The van der Waals surface area contributed by atoms with Crippen molar-refractivity contribution in [1.82, 2.24) is 19.8 Å². The van der Waals surface area contributed by atoms with Crippen molar-refractivity contribution in [2.45, 2.75) is 20.3 Å². The molecule has 134 valence electrons. The van der Waals surface area contributed by atoms with Gasteiger partial charge in [0.2, 0.25) is 5.28 Å². The fourth-order valence-electron chi connectivity index (χ4n) is 2.69. The molecule has 2 heterocycles. The van der Waals surface area contributed by atoms with E-state index < -0.39 is 5.97 Å². The number of rotatable bonds is 8. The van der Waals surface area contributed by atoms with Crippen LogP contribution in [0.1, 0.15) is 30.6 Å². The highest BCUT2D eigenvalue weighted by Crippen LogP contribution is 2.15. The number of esters is 1. The Morgan fingerprint density at radius 1 is 1.29 bits per heavy atom. The van der Waals surface area contributed by atoms with Crippen molar-refractivity contribution in [2.75, 3.05) is 57.7 Å². The molecule has 0 spiro atoms. The lowest BCUT2D eigenvalue weighted by molar-refractivity contribution is 0.0526. The lowest BCUT2D eigenvalue weighted by atomic mass is 10.2. The summed E-state index contributed by atoms with van der Waals surface area (Å²) in [7, 11) is 0. The molecule has 7 nitrogen and oxygen atoms in total. The Bertz CT molecular complexity index is 535. The van der Waals surface area contributed by atoms with Gasteiger partial charge in [0.25, 0.3) is 0 Å². The van der Waals surface area contributed by atoms with Crippen LogP contribution in [0.4, 0.5) is 5.82 Å². The molecule has 1 fully saturated rings. The summed E-state index contributed by atoms with van der Waals surface area (Å²) in [5, 5.41) is 3.29. The standard InChI is InChI=1S/C16H26ClN5O2/c1-3-21-8-10-22(11-9-21)7-5-6-18-14-13(15(23)24-4-2)12-19-16(17)20-14/h12H,3-11H2,1-2H3,(H,18,19,20). The van der Waals surface area contributed by atoms with Crippen LogP contribution in [0.2, 0.25) is 5.28 Å². The molecular weight excluding hydrogens is 330 g/mol. The molecule has 1 aromatic heterocycles. The molecular formula is C16H26ClN5O2. The lowest BCUT2D eigenvalue weighted by Gasteiger charge is -2.34. The van der Waals surface area contributed by atoms with Crippen LogP contribution >= 0.6 is 11.6 Å². The minimum Gasteiger partial charge on any atom is -0.462 e. The van der Waals surface area contributed by atoms with E-state index in [-0.39, 0.29) is 5.28 Å². The van der Waals surface area contributed by atoms with Crippen molar-refractivity contribution >= 4 is 23.4 Å². The van der Waals surface area contributed by atoms with Crippen molar-refractivity contribution in [3.8, 4) is 0 Å². The van der Waals surface area contributed by atoms with Crippen LogP contribution in [0.3, 0.4) is 0 Å². The van der Waals surface area contributed by atoms with Gasteiger partial charge in [0.05, 0.1) is 6.61 Å². The van der Waals surface area contributed by atoms with E-state index in [2.05, 4.69) is 32.0 Å². The Hall–Kier alpha value is -1.44. The number of hydrogen-bond acceptors (Lipinski definition) is 7. The van der Waals surface area contributed by atoms with Gasteiger partial charge >= 0.3 is 5.97 Å². The predicted molar refractivity (Wildman–Crippen MR) is 94.7 cm³/mol. The van der Waals surface area contributed by atoms with Gasteiger partial charge in [-0.25, -0.2) is 9.78 Å². The Kier molecular flexibility index (Phi) is 7.68. The summed E-state index contributed by atoms with van der Waals surface area (Å²) in [5.74, 6) is -0.00314. The second-order valence-corrected chi connectivity index (χ2v) is 6.02. The zero-order chi connectivity index (χ0) is 17.4. The normalized spacial score (nSPS) is 16.1. The van der Waals surface area contributed by atoms with E-state index >= 15 is 0 Å². The second-order valence-electron chi connectivity index (χ2n) is 5.68. The Balaban J connectivity index is 1.79. The van der Waals surface area contributed by atoms with Crippen LogP contribution in [0.25, 0.3) is 0 Å². The summed E-state index contributed by atoms with van der Waals surface area (Å²) in [5.41, 5.74) is 0.317. The van der Waals surface area contributed by atoms with Crippen LogP contribution in [-0.4, -0.2) is 78.2 Å². The molecule has 0 radical (unpaired) electrons. The third kappa shape index (κ3) is 5.58. The molecule has 0 saturated carbocycles.